The zero-order chi connectivity index (χ0) is 14.7. The van der Waals surface area contributed by atoms with Gasteiger partial charge in [0.2, 0.25) is 0 Å². The lowest BCUT2D eigenvalue weighted by Gasteiger charge is -2.05. The molecule has 0 bridgehead atoms. The Morgan fingerprint density at radius 3 is 2.80 bits per heavy atom. The third-order valence-corrected chi connectivity index (χ3v) is 2.97. The second-order valence-corrected chi connectivity index (χ2v) is 4.22. The van der Waals surface area contributed by atoms with Crippen molar-refractivity contribution in [2.75, 3.05) is 7.11 Å². The number of methoxy groups -OCH3 is 1. The number of carbonyl (C=O) groups excluding carboxylic acids is 1. The Hall–Kier alpha value is -2.70. The molecule has 1 aromatic heterocycles. The van der Waals surface area contributed by atoms with Crippen molar-refractivity contribution in [2.24, 2.45) is 7.05 Å². The number of hydrogen-bond acceptors (Lipinski definition) is 5. The minimum Gasteiger partial charge on any atom is -0.465 e. The third-order valence-electron chi connectivity index (χ3n) is 2.97. The number of hydrogen-bond donors (Lipinski definition) is 0. The molecule has 0 amide bonds. The molecule has 0 N–H and O–H groups in total. The molecule has 104 valence electrons. The van der Waals surface area contributed by atoms with Gasteiger partial charge in [-0.2, -0.15) is 0 Å². The van der Waals surface area contributed by atoms with Crippen molar-refractivity contribution in [3.8, 4) is 0 Å². The number of ether oxygens (including phenoxy) is 1. The second kappa shape index (κ2) is 5.52. The predicted octanol–water partition coefficient (Wildman–Crippen LogP) is 1.71. The molecule has 20 heavy (non-hydrogen) atoms. The van der Waals surface area contributed by atoms with E-state index in [1.807, 2.05) is 7.05 Å². The number of nitrogens with zero attached hydrogens (tertiary/aromatic N) is 3. The summed E-state index contributed by atoms with van der Waals surface area (Å²) in [6.45, 7) is 0. The Morgan fingerprint density at radius 2 is 2.25 bits per heavy atom. The Balaban J connectivity index is 2.40. The van der Waals surface area contributed by atoms with E-state index in [1.165, 1.54) is 19.2 Å². The van der Waals surface area contributed by atoms with Gasteiger partial charge < -0.3 is 9.30 Å². The average Bonchev–Trinajstić information content (AvgIpc) is 2.83. The summed E-state index contributed by atoms with van der Waals surface area (Å²) in [6.07, 6.45) is 3.72. The van der Waals surface area contributed by atoms with E-state index in [0.29, 0.717) is 17.8 Å². The number of benzene rings is 1. The zero-order valence-electron chi connectivity index (χ0n) is 11.1. The van der Waals surface area contributed by atoms with Crippen molar-refractivity contribution in [3.63, 3.8) is 0 Å². The first-order valence-electron chi connectivity index (χ1n) is 5.84. The van der Waals surface area contributed by atoms with Crippen LogP contribution in [0, 0.1) is 10.1 Å². The van der Waals surface area contributed by atoms with Crippen LogP contribution in [0.25, 0.3) is 0 Å². The largest absolute Gasteiger partial charge is 0.465 e. The molecule has 0 aliphatic carbocycles. The van der Waals surface area contributed by atoms with Crippen LogP contribution in [0.4, 0.5) is 5.69 Å². The summed E-state index contributed by atoms with van der Waals surface area (Å²) < 4.78 is 6.35. The Bertz CT molecular complexity index is 663. The standard InChI is InChI=1S/C13H13N3O4/c1-15-6-5-14-12(15)8-9-3-4-10(13(17)20-2)7-11(9)16(18)19/h3-7H,8H2,1-2H3. The first-order valence-corrected chi connectivity index (χ1v) is 5.84. The van der Waals surface area contributed by atoms with Gasteiger partial charge in [0.05, 0.1) is 17.6 Å². The molecule has 0 radical (unpaired) electrons. The molecule has 1 heterocycles. The van der Waals surface area contributed by atoms with E-state index < -0.39 is 10.9 Å². The topological polar surface area (TPSA) is 87.3 Å². The van der Waals surface area contributed by atoms with Gasteiger partial charge in [-0.15, -0.1) is 0 Å². The van der Waals surface area contributed by atoms with Crippen molar-refractivity contribution >= 4 is 11.7 Å². The van der Waals surface area contributed by atoms with Crippen molar-refractivity contribution in [1.29, 1.82) is 0 Å². The van der Waals surface area contributed by atoms with E-state index in [1.54, 1.807) is 23.0 Å². The maximum absolute atomic E-state index is 11.4. The number of nitro groups is 1. The molecule has 0 saturated heterocycles. The Kier molecular flexibility index (Phi) is 3.79. The van der Waals surface area contributed by atoms with E-state index >= 15 is 0 Å². The fourth-order valence-corrected chi connectivity index (χ4v) is 1.87. The molecule has 0 aliphatic rings. The molecule has 0 unspecified atom stereocenters. The molecule has 0 saturated carbocycles. The van der Waals surface area contributed by atoms with Crippen LogP contribution in [0.3, 0.4) is 0 Å². The van der Waals surface area contributed by atoms with E-state index in [-0.39, 0.29) is 11.3 Å². The van der Waals surface area contributed by atoms with E-state index in [9.17, 15) is 14.9 Å². The first kappa shape index (κ1) is 13.7. The molecule has 0 fully saturated rings. The second-order valence-electron chi connectivity index (χ2n) is 4.22. The van der Waals surface area contributed by atoms with Gasteiger partial charge in [0.1, 0.15) is 5.82 Å². The van der Waals surface area contributed by atoms with Crippen LogP contribution in [-0.2, 0) is 18.2 Å². The van der Waals surface area contributed by atoms with Crippen LogP contribution in [-0.4, -0.2) is 27.6 Å². The number of rotatable bonds is 4. The van der Waals surface area contributed by atoms with Gasteiger partial charge in [-0.3, -0.25) is 10.1 Å². The van der Waals surface area contributed by atoms with Crippen molar-refractivity contribution in [1.82, 2.24) is 9.55 Å². The van der Waals surface area contributed by atoms with Gasteiger partial charge in [0, 0.05) is 37.5 Å². The van der Waals surface area contributed by atoms with Crippen LogP contribution < -0.4 is 0 Å². The van der Waals surface area contributed by atoms with Crippen molar-refractivity contribution in [2.45, 2.75) is 6.42 Å². The highest BCUT2D eigenvalue weighted by Gasteiger charge is 2.19. The van der Waals surface area contributed by atoms with Crippen LogP contribution in [0.15, 0.2) is 30.6 Å². The lowest BCUT2D eigenvalue weighted by molar-refractivity contribution is -0.385. The average molecular weight is 275 g/mol. The maximum Gasteiger partial charge on any atom is 0.338 e. The number of carbonyl (C=O) groups is 1. The summed E-state index contributed by atoms with van der Waals surface area (Å²) >= 11 is 0. The molecule has 2 rings (SSSR count). The molecular weight excluding hydrogens is 262 g/mol. The summed E-state index contributed by atoms with van der Waals surface area (Å²) in [5.41, 5.74) is 0.538. The fourth-order valence-electron chi connectivity index (χ4n) is 1.87. The smallest absolute Gasteiger partial charge is 0.338 e. The van der Waals surface area contributed by atoms with Gasteiger partial charge in [0.25, 0.3) is 5.69 Å². The minimum atomic E-state index is -0.600. The predicted molar refractivity (Wildman–Crippen MR) is 70.4 cm³/mol. The van der Waals surface area contributed by atoms with Crippen LogP contribution in [0.1, 0.15) is 21.7 Å². The first-order chi connectivity index (χ1) is 9.52. The molecular formula is C13H13N3O4. The number of esters is 1. The summed E-state index contributed by atoms with van der Waals surface area (Å²) in [7, 11) is 3.05. The summed E-state index contributed by atoms with van der Waals surface area (Å²) in [6, 6.07) is 4.29. The monoisotopic (exact) mass is 275 g/mol. The fraction of sp³-hybridized carbons (Fsp3) is 0.231. The Morgan fingerprint density at radius 1 is 1.50 bits per heavy atom. The molecule has 0 spiro atoms. The molecule has 7 heteroatoms. The third kappa shape index (κ3) is 2.66. The molecule has 1 aromatic carbocycles. The highest BCUT2D eigenvalue weighted by molar-refractivity contribution is 5.90. The van der Waals surface area contributed by atoms with Crippen LogP contribution in [0.2, 0.25) is 0 Å². The summed E-state index contributed by atoms with van der Waals surface area (Å²) in [5, 5.41) is 11.1. The van der Waals surface area contributed by atoms with Crippen molar-refractivity contribution < 1.29 is 14.5 Å². The molecule has 0 aliphatic heterocycles. The molecule has 0 atom stereocenters. The number of nitro benzene ring substituents is 1. The maximum atomic E-state index is 11.4. The lowest BCUT2D eigenvalue weighted by atomic mass is 10.1. The van der Waals surface area contributed by atoms with E-state index in [4.69, 9.17) is 0 Å². The highest BCUT2D eigenvalue weighted by atomic mass is 16.6. The highest BCUT2D eigenvalue weighted by Crippen LogP contribution is 2.23. The van der Waals surface area contributed by atoms with Crippen LogP contribution in [0.5, 0.6) is 0 Å². The normalized spacial score (nSPS) is 10.3. The van der Waals surface area contributed by atoms with Gasteiger partial charge in [0.15, 0.2) is 0 Å². The molecule has 7 nitrogen and oxygen atoms in total. The number of aromatic nitrogens is 2. The van der Waals surface area contributed by atoms with Crippen molar-refractivity contribution in [3.05, 3.63) is 57.7 Å². The van der Waals surface area contributed by atoms with Gasteiger partial charge in [-0.25, -0.2) is 9.78 Å². The van der Waals surface area contributed by atoms with Gasteiger partial charge in [-0.05, 0) is 6.07 Å². The van der Waals surface area contributed by atoms with E-state index in [2.05, 4.69) is 9.72 Å². The van der Waals surface area contributed by atoms with Gasteiger partial charge >= 0.3 is 5.97 Å². The number of aryl methyl sites for hydroxylation is 1. The number of imidazole rings is 1. The summed E-state index contributed by atoms with van der Waals surface area (Å²) in [5.74, 6) is 0.107. The summed E-state index contributed by atoms with van der Waals surface area (Å²) in [4.78, 5) is 26.2. The van der Waals surface area contributed by atoms with Gasteiger partial charge in [-0.1, -0.05) is 6.07 Å². The minimum absolute atomic E-state index is 0.115. The Labute approximate surface area is 115 Å². The molecule has 2 aromatic rings. The van der Waals surface area contributed by atoms with Crippen LogP contribution >= 0.6 is 0 Å². The lowest BCUT2D eigenvalue weighted by Crippen LogP contribution is -2.06. The van der Waals surface area contributed by atoms with E-state index in [0.717, 1.165) is 0 Å². The zero-order valence-corrected chi connectivity index (χ0v) is 11.1. The quantitative estimate of drug-likeness (QED) is 0.481. The SMILES string of the molecule is COC(=O)c1ccc(Cc2nccn2C)c([N+](=O)[O-])c1.